The normalized spacial score (nSPS) is 12.0. The van der Waals surface area contributed by atoms with Gasteiger partial charge in [0.25, 0.3) is 0 Å². The van der Waals surface area contributed by atoms with Crippen molar-refractivity contribution in [1.82, 2.24) is 9.97 Å². The number of benzene rings is 8. The molecule has 0 saturated carbocycles. The van der Waals surface area contributed by atoms with Crippen molar-refractivity contribution in [3.63, 3.8) is 0 Å². The van der Waals surface area contributed by atoms with Crippen molar-refractivity contribution in [2.45, 2.75) is 95.8 Å². The van der Waals surface area contributed by atoms with Gasteiger partial charge in [-0.2, -0.15) is 0 Å². The van der Waals surface area contributed by atoms with E-state index in [-0.39, 0.29) is 0 Å². The number of quaternary nitrogens is 5. The molecule has 0 aliphatic heterocycles. The number of carboxylic acids is 5. The van der Waals surface area contributed by atoms with Crippen molar-refractivity contribution < 1.29 is 78.2 Å². The first kappa shape index (κ1) is 76.6. The monoisotopic (exact) mass is 1320 g/mol. The molecule has 0 aliphatic carbocycles. The number of hydrogen-bond donors (Lipinski definition) is 11. The fourth-order valence-corrected chi connectivity index (χ4v) is 9.06. The Labute approximate surface area is 566 Å². The summed E-state index contributed by atoms with van der Waals surface area (Å²) in [6, 6.07) is 63.5. The fraction of sp³-hybridized carbons (Fsp3) is 0.227. The van der Waals surface area contributed by atoms with Crippen molar-refractivity contribution in [1.29, 1.82) is 0 Å². The topological polar surface area (TPSA) is 428 Å². The number of aromatic nitrogens is 2. The largest absolute Gasteiger partial charge is 0.544 e. The van der Waals surface area contributed by atoms with E-state index in [0.717, 1.165) is 88.1 Å². The molecule has 1 aromatic heterocycles. The molecule has 22 nitrogen and oxygen atoms in total. The van der Waals surface area contributed by atoms with Gasteiger partial charge in [0.15, 0.2) is 0 Å². The van der Waals surface area contributed by atoms with Crippen LogP contribution in [0.5, 0.6) is 0 Å². The molecule has 510 valence electrons. The number of nitrogens with one attached hydrogen (secondary N) is 6. The Balaban J connectivity index is 0.000000220. The molecule has 9 aromatic rings. The molecule has 1 heterocycles. The Kier molecular flexibility index (Phi) is 33.3. The number of aryl methyl sites for hydroxylation is 1. The van der Waals surface area contributed by atoms with Gasteiger partial charge in [0.1, 0.15) is 30.2 Å². The van der Waals surface area contributed by atoms with E-state index in [2.05, 4.69) is 133 Å². The molecule has 0 spiro atoms. The number of rotatable bonds is 30. The molecule has 0 aliphatic rings. The maximum atomic E-state index is 10.7. The predicted octanol–water partition coefficient (Wildman–Crippen LogP) is -0.628. The minimum atomic E-state index is -1.12. The summed E-state index contributed by atoms with van der Waals surface area (Å²) in [7, 11) is 0. The lowest BCUT2D eigenvalue weighted by Gasteiger charge is -2.11. The predicted molar refractivity (Wildman–Crippen MR) is 365 cm³/mol. The Morgan fingerprint density at radius 3 is 1.01 bits per heavy atom. The molecular weight excluding hydrogens is 1230 g/mol. The van der Waals surface area contributed by atoms with Gasteiger partial charge in [-0.3, -0.25) is 0 Å². The van der Waals surface area contributed by atoms with Crippen LogP contribution in [0.3, 0.4) is 0 Å². The highest BCUT2D eigenvalue weighted by molar-refractivity contribution is 5.71. The maximum absolute atomic E-state index is 10.7. The summed E-state index contributed by atoms with van der Waals surface area (Å²) >= 11 is 0. The number of hydrogen-bond acceptors (Lipinski definition) is 16. The van der Waals surface area contributed by atoms with Crippen molar-refractivity contribution in [3.05, 3.63) is 281 Å². The van der Waals surface area contributed by atoms with E-state index in [0.29, 0.717) is 38.6 Å². The van der Waals surface area contributed by atoms with Gasteiger partial charge in [-0.1, -0.05) is 163 Å². The van der Waals surface area contributed by atoms with Gasteiger partial charge < -0.3 is 110 Å². The number of H-pyrrole nitrogens is 1. The van der Waals surface area contributed by atoms with E-state index in [9.17, 15) is 49.5 Å². The average Bonchev–Trinajstić information content (AvgIpc) is 3.78. The highest BCUT2D eigenvalue weighted by Gasteiger charge is 2.12. The number of carbonyl (C=O) groups is 5. The van der Waals surface area contributed by atoms with Crippen LogP contribution in [0.2, 0.25) is 0 Å². The van der Waals surface area contributed by atoms with Crippen LogP contribution in [0.15, 0.2) is 225 Å². The molecule has 0 unspecified atom stereocenters. The highest BCUT2D eigenvalue weighted by Crippen LogP contribution is 2.17. The van der Waals surface area contributed by atoms with Gasteiger partial charge in [0.2, 0.25) is 0 Å². The average molecular weight is 1320 g/mol. The molecule has 9 rings (SSSR count). The van der Waals surface area contributed by atoms with Gasteiger partial charge in [-0.05, 0) is 119 Å². The van der Waals surface area contributed by atoms with Gasteiger partial charge in [-0.15, -0.1) is 0 Å². The number of aromatic amines is 1. The zero-order valence-corrected chi connectivity index (χ0v) is 55.0. The lowest BCUT2D eigenvalue weighted by Crippen LogP contribution is -2.69. The quantitative estimate of drug-likeness (QED) is 0.0267. The zero-order chi connectivity index (χ0) is 70.3. The third-order valence-corrected chi connectivity index (χ3v) is 14.8. The second-order valence-electron chi connectivity index (χ2n) is 22.9. The molecule has 0 amide bonds. The van der Waals surface area contributed by atoms with Crippen LogP contribution >= 0.6 is 0 Å². The number of aliphatic carboxylic acids is 5. The summed E-state index contributed by atoms with van der Waals surface area (Å²) in [4.78, 5) is 60.0. The highest BCUT2D eigenvalue weighted by atomic mass is 16.4. The number of carboxylic acid groups (broad SMARTS) is 5. The summed E-state index contributed by atoms with van der Waals surface area (Å²) in [6.45, 7) is 7.88. The van der Waals surface area contributed by atoms with Crippen molar-refractivity contribution in [2.75, 3.05) is 39.7 Å². The summed E-state index contributed by atoms with van der Waals surface area (Å²) in [5.41, 5.74) is 33.3. The van der Waals surface area contributed by atoms with Crippen molar-refractivity contribution in [2.24, 2.45) is 0 Å². The molecule has 0 bridgehead atoms. The lowest BCUT2D eigenvalue weighted by atomic mass is 10.1. The molecule has 22 heteroatoms. The number of nitrogens with zero attached hydrogens (tertiary/aromatic N) is 1. The first-order valence-corrected chi connectivity index (χ1v) is 31.7. The van der Waals surface area contributed by atoms with E-state index < -0.39 is 60.1 Å². The molecule has 0 saturated heterocycles. The summed E-state index contributed by atoms with van der Waals surface area (Å²) in [5, 5.41) is 69.4. The number of carbonyl (C=O) groups excluding carboxylic acids is 5. The number of anilines is 5. The van der Waals surface area contributed by atoms with E-state index in [1.54, 1.807) is 12.5 Å². The Morgan fingerprint density at radius 1 is 0.392 bits per heavy atom. The van der Waals surface area contributed by atoms with Crippen LogP contribution in [0.25, 0.3) is 6.08 Å². The first-order chi connectivity index (χ1) is 46.6. The molecule has 8 aromatic carbocycles. The van der Waals surface area contributed by atoms with Crippen LogP contribution < -0.4 is 80.8 Å². The SMILES string of the molecule is CCNc1ccc(C[C@H]([NH3+])C(=O)[O-])cc1.Cc1ccc(CNc2ccc(C[C@H]([NH3+])C(=O)[O-])cc2)cc1.[NH3+][C@@H](Cc1ccc(NC/C=C\c2ccccc2)cc1)C(=O)[O-].[NH3+][C@@H](Cc1ccc(NCc2ccccc2)cc1)C(=O)[O-].[NH3+][C@@H](Cc1ccc(NCc2cnc[nH]2)cc1)C(=O)[O-]. The van der Waals surface area contributed by atoms with E-state index in [1.165, 1.54) is 22.3 Å². The van der Waals surface area contributed by atoms with E-state index in [4.69, 9.17) is 0 Å². The third-order valence-electron chi connectivity index (χ3n) is 14.8. The summed E-state index contributed by atoms with van der Waals surface area (Å²) in [6.07, 6.45) is 9.47. The van der Waals surface area contributed by atoms with Crippen LogP contribution in [-0.2, 0) is 75.7 Å². The van der Waals surface area contributed by atoms with Crippen LogP contribution in [0.1, 0.15) is 62.7 Å². The second-order valence-corrected chi connectivity index (χ2v) is 22.9. The van der Waals surface area contributed by atoms with Crippen molar-refractivity contribution in [3.8, 4) is 0 Å². The third kappa shape index (κ3) is 31.1. The van der Waals surface area contributed by atoms with Crippen LogP contribution in [0.4, 0.5) is 28.4 Å². The molecule has 0 fully saturated rings. The van der Waals surface area contributed by atoms with Gasteiger partial charge >= 0.3 is 0 Å². The minimum Gasteiger partial charge on any atom is -0.544 e. The Bertz CT molecular complexity index is 3760. The second kappa shape index (κ2) is 42.2. The smallest absolute Gasteiger partial charge is 0.129 e. The zero-order valence-electron chi connectivity index (χ0n) is 55.0. The van der Waals surface area contributed by atoms with Crippen LogP contribution in [0, 0.1) is 6.92 Å². The Morgan fingerprint density at radius 2 is 0.691 bits per heavy atom. The maximum Gasteiger partial charge on any atom is 0.129 e. The van der Waals surface area contributed by atoms with Crippen molar-refractivity contribution >= 4 is 64.4 Å². The van der Waals surface area contributed by atoms with E-state index >= 15 is 0 Å². The van der Waals surface area contributed by atoms with Crippen LogP contribution in [-0.4, -0.2) is 83.1 Å². The molecule has 97 heavy (non-hydrogen) atoms. The standard InChI is InChI=1S/C18H20N2O2.C17H20N2O2.C16H18N2O2.C13H16N4O2.C11H16N2O2/c19-17(18(21)22)13-15-8-10-16(11-9-15)20-12-4-7-14-5-2-1-3-6-14;1-12-2-4-14(5-3-12)11-19-15-8-6-13(7-9-15)10-16(18)17(20)21;17-15(16(19)20)10-12-6-8-14(9-7-12)18-11-13-4-2-1-3-5-13;14-12(13(18)19)5-9-1-3-10(4-2-9)16-7-11-6-15-8-17-11;1-2-13-9-5-3-8(4-6-9)7-10(12)11(14)15/h1-11,17,20H,12-13,19H2,(H,21,22);2-9,16,19H,10-11,18H2,1H3,(H,20,21);1-9,15,18H,10-11,17H2,(H,19,20);1-4,6,8,12,16H,5,7,14H2,(H,15,17)(H,18,19);3-6,10,13H,2,7,12H2,1H3,(H,14,15)/b7-4-;;;;/t17-;16-;15-;12-;10-/m00000/s1. The van der Waals surface area contributed by atoms with E-state index in [1.807, 2.05) is 165 Å². The number of imidazole rings is 1. The summed E-state index contributed by atoms with van der Waals surface area (Å²) in [5.74, 6) is -5.58. The molecule has 21 N–H and O–H groups in total. The summed E-state index contributed by atoms with van der Waals surface area (Å²) < 4.78 is 0. The van der Waals surface area contributed by atoms with Gasteiger partial charge in [0.05, 0.1) is 48.4 Å². The minimum absolute atomic E-state index is 0.378. The lowest BCUT2D eigenvalue weighted by molar-refractivity contribution is -0.437. The van der Waals surface area contributed by atoms with Gasteiger partial charge in [0, 0.05) is 92.9 Å². The first-order valence-electron chi connectivity index (χ1n) is 31.7. The Hall–Kier alpha value is -11.1. The van der Waals surface area contributed by atoms with Gasteiger partial charge in [-0.25, -0.2) is 4.98 Å². The molecule has 5 atom stereocenters. The molecular formula is C75H90N12O10. The fourth-order valence-electron chi connectivity index (χ4n) is 9.06. The molecule has 0 radical (unpaired) electrons.